The first-order valence-electron chi connectivity index (χ1n) is 9.87. The highest BCUT2D eigenvalue weighted by atomic mass is 16.5. The van der Waals surface area contributed by atoms with Crippen LogP contribution >= 0.6 is 0 Å². The van der Waals surface area contributed by atoms with Gasteiger partial charge in [-0.2, -0.15) is 9.97 Å². The molecule has 0 radical (unpaired) electrons. The smallest absolute Gasteiger partial charge is 0.320 e. The van der Waals surface area contributed by atoms with E-state index in [-0.39, 0.29) is 0 Å². The molecule has 2 N–H and O–H groups in total. The number of rotatable bonds is 5. The summed E-state index contributed by atoms with van der Waals surface area (Å²) in [4.78, 5) is 15.4. The summed E-state index contributed by atoms with van der Waals surface area (Å²) in [5.74, 6) is 1.06. The molecule has 0 amide bonds. The summed E-state index contributed by atoms with van der Waals surface area (Å²) in [6, 6.07) is 9.13. The Morgan fingerprint density at radius 3 is 2.61 bits per heavy atom. The fourth-order valence-corrected chi connectivity index (χ4v) is 4.21. The van der Waals surface area contributed by atoms with Crippen LogP contribution in [0.2, 0.25) is 0 Å². The molecule has 3 aliphatic rings. The van der Waals surface area contributed by atoms with Crippen LogP contribution in [-0.2, 0) is 6.54 Å². The highest BCUT2D eigenvalue weighted by Gasteiger charge is 2.27. The standard InChI is InChI=1S/C21H24N6O/c1-2-28-21-24-19(22)18-20(25-21)27(13-23-18)11-14-3-5-15(6-4-14)17-12-26-9-7-16(17)8-10-26/h3-6,12-13,16H,2,7-11H2,1H3,(H2,22,24,25). The molecular formula is C21H24N6O. The number of nitrogens with zero attached hydrogens (tertiary/aromatic N) is 5. The number of hydrogen-bond acceptors (Lipinski definition) is 6. The lowest BCUT2D eigenvalue weighted by Crippen LogP contribution is -2.35. The second kappa shape index (κ2) is 6.82. The molecule has 0 unspecified atom stereocenters. The van der Waals surface area contributed by atoms with Gasteiger partial charge in [-0.25, -0.2) is 4.98 Å². The molecule has 0 spiro atoms. The number of anilines is 1. The zero-order chi connectivity index (χ0) is 19.1. The molecule has 0 aliphatic carbocycles. The van der Waals surface area contributed by atoms with Gasteiger partial charge in [-0.1, -0.05) is 24.3 Å². The fourth-order valence-electron chi connectivity index (χ4n) is 4.21. The zero-order valence-electron chi connectivity index (χ0n) is 16.0. The van der Waals surface area contributed by atoms with Gasteiger partial charge in [0.25, 0.3) is 0 Å². The van der Waals surface area contributed by atoms with Crippen LogP contribution in [0.3, 0.4) is 0 Å². The van der Waals surface area contributed by atoms with E-state index in [1.807, 2.05) is 11.5 Å². The average Bonchev–Trinajstić information content (AvgIpc) is 3.13. The second-order valence-corrected chi connectivity index (χ2v) is 7.46. The Morgan fingerprint density at radius 2 is 1.93 bits per heavy atom. The lowest BCUT2D eigenvalue weighted by Gasteiger charge is -2.39. The number of allylic oxidation sites excluding steroid dienone is 1. The van der Waals surface area contributed by atoms with Crippen LogP contribution in [-0.4, -0.2) is 44.1 Å². The minimum absolute atomic E-state index is 0.291. The third-order valence-electron chi connectivity index (χ3n) is 5.67. The molecule has 3 aromatic rings. The Hall–Kier alpha value is -3.09. The van der Waals surface area contributed by atoms with Gasteiger partial charge in [-0.3, -0.25) is 0 Å². The maximum Gasteiger partial charge on any atom is 0.320 e. The molecule has 1 aromatic carbocycles. The van der Waals surface area contributed by atoms with Crippen molar-refractivity contribution in [2.75, 3.05) is 25.4 Å². The quantitative estimate of drug-likeness (QED) is 0.737. The van der Waals surface area contributed by atoms with Crippen molar-refractivity contribution >= 4 is 22.6 Å². The third-order valence-corrected chi connectivity index (χ3v) is 5.67. The van der Waals surface area contributed by atoms with Gasteiger partial charge in [0, 0.05) is 19.3 Å². The number of aromatic nitrogens is 4. The lowest BCUT2D eigenvalue weighted by atomic mass is 9.82. The molecule has 2 aromatic heterocycles. The Kier molecular flexibility index (Phi) is 4.15. The largest absolute Gasteiger partial charge is 0.464 e. The predicted octanol–water partition coefficient (Wildman–Crippen LogP) is 2.92. The van der Waals surface area contributed by atoms with Crippen molar-refractivity contribution in [3.63, 3.8) is 0 Å². The summed E-state index contributed by atoms with van der Waals surface area (Å²) in [7, 11) is 0. The molecule has 1 fully saturated rings. The summed E-state index contributed by atoms with van der Waals surface area (Å²) in [5.41, 5.74) is 11.3. The number of benzene rings is 1. The fraction of sp³-hybridized carbons (Fsp3) is 0.381. The van der Waals surface area contributed by atoms with Crippen molar-refractivity contribution in [1.29, 1.82) is 0 Å². The van der Waals surface area contributed by atoms with Crippen molar-refractivity contribution in [2.45, 2.75) is 26.3 Å². The van der Waals surface area contributed by atoms with Crippen LogP contribution in [0.1, 0.15) is 30.9 Å². The van der Waals surface area contributed by atoms with E-state index in [9.17, 15) is 0 Å². The summed E-state index contributed by atoms with van der Waals surface area (Å²) >= 11 is 0. The van der Waals surface area contributed by atoms with Gasteiger partial charge < -0.3 is 19.9 Å². The maximum absolute atomic E-state index is 6.01. The first-order valence-corrected chi connectivity index (χ1v) is 9.87. The molecule has 3 aliphatic heterocycles. The van der Waals surface area contributed by atoms with Crippen LogP contribution in [0.4, 0.5) is 5.82 Å². The van der Waals surface area contributed by atoms with Gasteiger partial charge in [0.05, 0.1) is 19.5 Å². The number of piperidine rings is 1. The van der Waals surface area contributed by atoms with Gasteiger partial charge in [0.2, 0.25) is 0 Å². The summed E-state index contributed by atoms with van der Waals surface area (Å²) in [6.45, 7) is 5.47. The number of fused-ring (bicyclic) bond motifs is 3. The number of ether oxygens (including phenoxy) is 1. The van der Waals surface area contributed by atoms with Crippen molar-refractivity contribution in [3.05, 3.63) is 47.9 Å². The van der Waals surface area contributed by atoms with Crippen molar-refractivity contribution < 1.29 is 4.74 Å². The molecule has 7 heteroatoms. The van der Waals surface area contributed by atoms with Crippen LogP contribution < -0.4 is 10.5 Å². The summed E-state index contributed by atoms with van der Waals surface area (Å²) < 4.78 is 7.41. The van der Waals surface area contributed by atoms with Gasteiger partial charge >= 0.3 is 6.01 Å². The monoisotopic (exact) mass is 376 g/mol. The van der Waals surface area contributed by atoms with Crippen LogP contribution in [0, 0.1) is 5.92 Å². The van der Waals surface area contributed by atoms with E-state index in [2.05, 4.69) is 50.3 Å². The van der Waals surface area contributed by atoms with Crippen LogP contribution in [0.25, 0.3) is 16.7 Å². The molecule has 6 rings (SSSR count). The summed E-state index contributed by atoms with van der Waals surface area (Å²) in [6.07, 6.45) is 6.66. The van der Waals surface area contributed by atoms with Crippen molar-refractivity contribution in [2.24, 2.45) is 5.92 Å². The number of imidazole rings is 1. The molecular weight excluding hydrogens is 352 g/mol. The van der Waals surface area contributed by atoms with Crippen molar-refractivity contribution in [1.82, 2.24) is 24.4 Å². The van der Waals surface area contributed by atoms with E-state index in [1.54, 1.807) is 6.33 Å². The Morgan fingerprint density at radius 1 is 1.14 bits per heavy atom. The highest BCUT2D eigenvalue weighted by molar-refractivity contribution is 5.82. The number of nitrogen functional groups attached to an aromatic ring is 1. The van der Waals surface area contributed by atoms with Crippen LogP contribution in [0.5, 0.6) is 6.01 Å². The molecule has 7 nitrogen and oxygen atoms in total. The van der Waals surface area contributed by atoms with Crippen LogP contribution in [0.15, 0.2) is 36.8 Å². The van der Waals surface area contributed by atoms with Gasteiger partial charge in [0.1, 0.15) is 0 Å². The Labute approximate surface area is 163 Å². The second-order valence-electron chi connectivity index (χ2n) is 7.46. The first-order chi connectivity index (χ1) is 13.7. The normalized spacial score (nSPS) is 16.6. The Bertz CT molecular complexity index is 1030. The number of nitrogens with two attached hydrogens (primary N) is 1. The molecule has 5 heterocycles. The maximum atomic E-state index is 6.01. The zero-order valence-corrected chi connectivity index (χ0v) is 16.0. The first kappa shape index (κ1) is 17.0. The molecule has 0 atom stereocenters. The highest BCUT2D eigenvalue weighted by Crippen LogP contribution is 2.37. The van der Waals surface area contributed by atoms with Crippen molar-refractivity contribution in [3.8, 4) is 6.01 Å². The molecule has 28 heavy (non-hydrogen) atoms. The third kappa shape index (κ3) is 2.96. The summed E-state index contributed by atoms with van der Waals surface area (Å²) in [5, 5.41) is 0. The topological polar surface area (TPSA) is 82.1 Å². The van der Waals surface area contributed by atoms with E-state index in [0.29, 0.717) is 42.1 Å². The average molecular weight is 376 g/mol. The molecule has 1 saturated heterocycles. The number of hydrogen-bond donors (Lipinski definition) is 1. The predicted molar refractivity (Wildman–Crippen MR) is 109 cm³/mol. The molecule has 144 valence electrons. The minimum atomic E-state index is 0.291. The Balaban J connectivity index is 1.41. The molecule has 0 saturated carbocycles. The van der Waals surface area contributed by atoms with E-state index in [1.165, 1.54) is 42.6 Å². The SMILES string of the molecule is CCOc1nc(N)c2ncn(Cc3ccc(C4=CN5CCC4CC5)cc3)c2n1. The molecule has 2 bridgehead atoms. The minimum Gasteiger partial charge on any atom is -0.464 e. The van der Waals surface area contributed by atoms with E-state index < -0.39 is 0 Å². The van der Waals surface area contributed by atoms with Gasteiger partial charge in [-0.05, 0) is 42.4 Å². The van der Waals surface area contributed by atoms with Gasteiger partial charge in [0.15, 0.2) is 17.0 Å². The van der Waals surface area contributed by atoms with E-state index in [4.69, 9.17) is 10.5 Å². The van der Waals surface area contributed by atoms with E-state index in [0.717, 1.165) is 0 Å². The van der Waals surface area contributed by atoms with Gasteiger partial charge in [-0.15, -0.1) is 0 Å². The van der Waals surface area contributed by atoms with E-state index >= 15 is 0 Å². The lowest BCUT2D eigenvalue weighted by molar-refractivity contribution is 0.252.